The average Bonchev–Trinajstić information content (AvgIpc) is 2.48. The predicted octanol–water partition coefficient (Wildman–Crippen LogP) is 3.60. The molecule has 0 bridgehead atoms. The van der Waals surface area contributed by atoms with Gasteiger partial charge in [0.25, 0.3) is 0 Å². The second kappa shape index (κ2) is 7.50. The van der Waals surface area contributed by atoms with E-state index in [0.717, 1.165) is 17.1 Å². The van der Waals surface area contributed by atoms with Gasteiger partial charge in [-0.15, -0.1) is 0 Å². The molecule has 0 amide bonds. The summed E-state index contributed by atoms with van der Waals surface area (Å²) in [4.78, 5) is 4.35. The highest BCUT2D eigenvalue weighted by Crippen LogP contribution is 2.25. The molecule has 0 aromatic heterocycles. The minimum absolute atomic E-state index is 0.266. The number of ether oxygens (including phenoxy) is 1. The van der Waals surface area contributed by atoms with Crippen molar-refractivity contribution in [3.05, 3.63) is 59.7 Å². The van der Waals surface area contributed by atoms with Crippen molar-refractivity contribution in [3.8, 4) is 11.5 Å². The number of hydrogen-bond acceptors (Lipinski definition) is 2. The Morgan fingerprint density at radius 1 is 1.14 bits per heavy atom. The smallest absolute Gasteiger partial charge is 0.189 e. The van der Waals surface area contributed by atoms with Gasteiger partial charge in [-0.1, -0.05) is 35.9 Å². The third kappa shape index (κ3) is 4.81. The zero-order valence-corrected chi connectivity index (χ0v) is 13.3. The molecule has 116 valence electrons. The lowest BCUT2D eigenvalue weighted by molar-refractivity contribution is 0.476. The van der Waals surface area contributed by atoms with Crippen LogP contribution in [0.15, 0.2) is 53.5 Å². The molecule has 0 saturated heterocycles. The average molecular weight is 297 g/mol. The number of nitrogens with zero attached hydrogens (tertiary/aromatic N) is 1. The third-order valence-electron chi connectivity index (χ3n) is 3.08. The molecule has 3 N–H and O–H groups in total. The maximum absolute atomic E-state index is 5.95. The Balaban J connectivity index is 2.11. The van der Waals surface area contributed by atoms with Gasteiger partial charge in [-0.25, -0.2) is 4.99 Å². The summed E-state index contributed by atoms with van der Waals surface area (Å²) in [5.41, 5.74) is 8.04. The van der Waals surface area contributed by atoms with E-state index in [9.17, 15) is 0 Å². The van der Waals surface area contributed by atoms with Gasteiger partial charge in [0.15, 0.2) is 5.96 Å². The van der Waals surface area contributed by atoms with E-state index in [-0.39, 0.29) is 6.04 Å². The highest BCUT2D eigenvalue weighted by Gasteiger charge is 2.04. The number of nitrogens with two attached hydrogens (primary N) is 1. The molecule has 4 nitrogen and oxygen atoms in total. The summed E-state index contributed by atoms with van der Waals surface area (Å²) in [6, 6.07) is 16.1. The number of aliphatic imine (C=N–C) groups is 1. The van der Waals surface area contributed by atoms with Crippen molar-refractivity contribution in [3.63, 3.8) is 0 Å². The quantitative estimate of drug-likeness (QED) is 0.655. The molecular formula is C18H23N3O. The number of nitrogens with one attached hydrogen (secondary N) is 1. The minimum atomic E-state index is 0.266. The normalized spacial score (nSPS) is 11.5. The number of guanidine groups is 1. The zero-order valence-electron chi connectivity index (χ0n) is 13.3. The number of rotatable bonds is 5. The first kappa shape index (κ1) is 15.9. The highest BCUT2D eigenvalue weighted by atomic mass is 16.5. The molecule has 0 saturated carbocycles. The van der Waals surface area contributed by atoms with Crippen LogP contribution in [0.3, 0.4) is 0 Å². The summed E-state index contributed by atoms with van der Waals surface area (Å²) < 4.78 is 5.95. The molecule has 2 aromatic carbocycles. The lowest BCUT2D eigenvalue weighted by Crippen LogP contribution is -2.36. The fourth-order valence-corrected chi connectivity index (χ4v) is 1.98. The lowest BCUT2D eigenvalue weighted by atomic mass is 10.2. The molecule has 0 aliphatic rings. The van der Waals surface area contributed by atoms with Gasteiger partial charge in [-0.05, 0) is 39.0 Å². The van der Waals surface area contributed by atoms with Crippen molar-refractivity contribution < 1.29 is 4.74 Å². The monoisotopic (exact) mass is 297 g/mol. The van der Waals surface area contributed by atoms with E-state index in [4.69, 9.17) is 10.5 Å². The number of aryl methyl sites for hydroxylation is 1. The van der Waals surface area contributed by atoms with Crippen LogP contribution >= 0.6 is 0 Å². The fourth-order valence-electron chi connectivity index (χ4n) is 1.98. The first-order valence-electron chi connectivity index (χ1n) is 7.43. The van der Waals surface area contributed by atoms with Crippen molar-refractivity contribution in [2.45, 2.75) is 33.4 Å². The maximum atomic E-state index is 5.95. The zero-order chi connectivity index (χ0) is 15.9. The molecule has 0 aliphatic heterocycles. The van der Waals surface area contributed by atoms with Crippen LogP contribution in [0.1, 0.15) is 25.0 Å². The van der Waals surface area contributed by atoms with Crippen molar-refractivity contribution in [1.29, 1.82) is 0 Å². The minimum Gasteiger partial charge on any atom is -0.457 e. The first-order valence-corrected chi connectivity index (χ1v) is 7.43. The van der Waals surface area contributed by atoms with Crippen LogP contribution in [0, 0.1) is 6.92 Å². The van der Waals surface area contributed by atoms with Crippen molar-refractivity contribution in [1.82, 2.24) is 5.32 Å². The van der Waals surface area contributed by atoms with Crippen LogP contribution in [-0.4, -0.2) is 12.0 Å². The number of para-hydroxylation sites is 1. The summed E-state index contributed by atoms with van der Waals surface area (Å²) in [5.74, 6) is 2.06. The first-order chi connectivity index (χ1) is 10.5. The van der Waals surface area contributed by atoms with Gasteiger partial charge in [0.05, 0.1) is 6.54 Å². The van der Waals surface area contributed by atoms with E-state index >= 15 is 0 Å². The molecule has 4 heteroatoms. The van der Waals surface area contributed by atoms with Crippen LogP contribution in [-0.2, 0) is 6.54 Å². The summed E-state index contributed by atoms with van der Waals surface area (Å²) in [6.07, 6.45) is 0. The van der Waals surface area contributed by atoms with E-state index < -0.39 is 0 Å². The molecule has 2 aromatic rings. The Bertz CT molecular complexity index is 633. The summed E-state index contributed by atoms with van der Waals surface area (Å²) >= 11 is 0. The van der Waals surface area contributed by atoms with Gasteiger partial charge in [-0.2, -0.15) is 0 Å². The van der Waals surface area contributed by atoms with E-state index in [2.05, 4.69) is 17.2 Å². The number of benzene rings is 2. The molecule has 0 spiro atoms. The lowest BCUT2D eigenvalue weighted by Gasteiger charge is -2.11. The second-order valence-corrected chi connectivity index (χ2v) is 5.52. The third-order valence-corrected chi connectivity index (χ3v) is 3.08. The van der Waals surface area contributed by atoms with E-state index in [0.29, 0.717) is 12.5 Å². The molecule has 0 radical (unpaired) electrons. The fraction of sp³-hybridized carbons (Fsp3) is 0.278. The molecule has 22 heavy (non-hydrogen) atoms. The molecule has 0 aliphatic carbocycles. The molecular weight excluding hydrogens is 274 g/mol. The van der Waals surface area contributed by atoms with Crippen LogP contribution in [0.25, 0.3) is 0 Å². The maximum Gasteiger partial charge on any atom is 0.189 e. The largest absolute Gasteiger partial charge is 0.457 e. The topological polar surface area (TPSA) is 59.6 Å². The Labute approximate surface area is 132 Å². The van der Waals surface area contributed by atoms with Gasteiger partial charge in [0.2, 0.25) is 0 Å². The number of hydrogen-bond donors (Lipinski definition) is 2. The van der Waals surface area contributed by atoms with E-state index in [1.165, 1.54) is 5.56 Å². The van der Waals surface area contributed by atoms with Crippen LogP contribution in [0.5, 0.6) is 11.5 Å². The predicted molar refractivity (Wildman–Crippen MR) is 91.3 cm³/mol. The molecule has 0 heterocycles. The Morgan fingerprint density at radius 2 is 1.82 bits per heavy atom. The van der Waals surface area contributed by atoms with Crippen LogP contribution in [0.2, 0.25) is 0 Å². The van der Waals surface area contributed by atoms with E-state index in [1.54, 1.807) is 0 Å². The second-order valence-electron chi connectivity index (χ2n) is 5.52. The van der Waals surface area contributed by atoms with E-state index in [1.807, 2.05) is 62.4 Å². The van der Waals surface area contributed by atoms with Gasteiger partial charge >= 0.3 is 0 Å². The Hall–Kier alpha value is -2.49. The van der Waals surface area contributed by atoms with Gasteiger partial charge in [0, 0.05) is 11.6 Å². The van der Waals surface area contributed by atoms with Crippen LogP contribution < -0.4 is 15.8 Å². The molecule has 2 rings (SSSR count). The SMILES string of the molecule is Cc1ccc(Oc2ccccc2CN=C(N)NC(C)C)cc1. The van der Waals surface area contributed by atoms with Gasteiger partial charge < -0.3 is 15.8 Å². The standard InChI is InChI=1S/C18H23N3O/c1-13(2)21-18(19)20-12-15-6-4-5-7-17(15)22-16-10-8-14(3)9-11-16/h4-11,13H,12H2,1-3H3,(H3,19,20,21). The van der Waals surface area contributed by atoms with Crippen molar-refractivity contribution in [2.24, 2.45) is 10.7 Å². The van der Waals surface area contributed by atoms with Gasteiger partial charge in [0.1, 0.15) is 11.5 Å². The summed E-state index contributed by atoms with van der Waals surface area (Å²) in [7, 11) is 0. The Kier molecular flexibility index (Phi) is 5.42. The van der Waals surface area contributed by atoms with Crippen molar-refractivity contribution >= 4 is 5.96 Å². The highest BCUT2D eigenvalue weighted by molar-refractivity contribution is 5.78. The summed E-state index contributed by atoms with van der Waals surface area (Å²) in [6.45, 7) is 6.58. The molecule has 0 atom stereocenters. The molecule has 0 fully saturated rings. The van der Waals surface area contributed by atoms with Crippen molar-refractivity contribution in [2.75, 3.05) is 0 Å². The Morgan fingerprint density at radius 3 is 2.50 bits per heavy atom. The van der Waals surface area contributed by atoms with Crippen LogP contribution in [0.4, 0.5) is 0 Å². The summed E-state index contributed by atoms with van der Waals surface area (Å²) in [5, 5.41) is 3.08. The molecule has 0 unspecified atom stereocenters. The van der Waals surface area contributed by atoms with Gasteiger partial charge in [-0.3, -0.25) is 0 Å².